The minimum Gasteiger partial charge on any atom is -0.464 e. The van der Waals surface area contributed by atoms with Crippen molar-refractivity contribution in [1.82, 2.24) is 0 Å². The maximum absolute atomic E-state index is 5.46. The van der Waals surface area contributed by atoms with Crippen LogP contribution < -0.4 is 4.90 Å². The molecule has 0 bridgehead atoms. The molecule has 0 amide bonds. The van der Waals surface area contributed by atoms with Crippen LogP contribution in [0.25, 0.3) is 11.3 Å². The Balaban J connectivity index is 1.97. The lowest BCUT2D eigenvalue weighted by Crippen LogP contribution is -2.29. The standard InChI is InChI=1S/C13H15NO/c1-2-8-14(9-3-1)12-6-7-13-11(12)5-4-10-15-13/h4-7,10H,1-3,8-9H2. The molecule has 0 unspecified atom stereocenters. The van der Waals surface area contributed by atoms with Gasteiger partial charge in [-0.3, -0.25) is 0 Å². The van der Waals surface area contributed by atoms with Crippen LogP contribution in [0.2, 0.25) is 0 Å². The third-order valence-electron chi connectivity index (χ3n) is 3.17. The molecule has 0 aromatic rings. The zero-order chi connectivity index (χ0) is 10.1. The van der Waals surface area contributed by atoms with Crippen molar-refractivity contribution in [2.45, 2.75) is 19.3 Å². The topological polar surface area (TPSA) is 16.4 Å². The molecular weight excluding hydrogens is 186 g/mol. The van der Waals surface area contributed by atoms with Crippen LogP contribution in [0.3, 0.4) is 0 Å². The molecule has 1 aliphatic carbocycles. The van der Waals surface area contributed by atoms with Crippen molar-refractivity contribution in [2.75, 3.05) is 18.0 Å². The molecule has 0 spiro atoms. The molecule has 2 heteroatoms. The van der Waals surface area contributed by atoms with Crippen molar-refractivity contribution in [1.29, 1.82) is 0 Å². The van der Waals surface area contributed by atoms with Crippen LogP contribution in [0.15, 0.2) is 34.9 Å². The highest BCUT2D eigenvalue weighted by molar-refractivity contribution is 5.78. The average Bonchev–Trinajstić information content (AvgIpc) is 2.74. The molecule has 2 heterocycles. The number of hydrogen-bond acceptors (Lipinski definition) is 2. The van der Waals surface area contributed by atoms with Crippen molar-refractivity contribution >= 4 is 5.69 Å². The number of hydrogen-bond donors (Lipinski definition) is 0. The molecule has 3 aliphatic rings. The van der Waals surface area contributed by atoms with Gasteiger partial charge in [0.05, 0.1) is 6.26 Å². The highest BCUT2D eigenvalue weighted by Crippen LogP contribution is 2.35. The lowest BCUT2D eigenvalue weighted by Gasteiger charge is -2.28. The Bertz CT molecular complexity index is 415. The van der Waals surface area contributed by atoms with Gasteiger partial charge in [0.2, 0.25) is 0 Å². The van der Waals surface area contributed by atoms with E-state index < -0.39 is 0 Å². The zero-order valence-corrected chi connectivity index (χ0v) is 8.78. The number of piperidine rings is 1. The SMILES string of the molecule is c1coc2ccc(N3CCCCC3)c-2c1. The van der Waals surface area contributed by atoms with E-state index in [2.05, 4.69) is 23.1 Å². The molecule has 1 fully saturated rings. The van der Waals surface area contributed by atoms with Gasteiger partial charge in [0, 0.05) is 24.3 Å². The fourth-order valence-corrected chi connectivity index (χ4v) is 2.39. The first kappa shape index (κ1) is 8.84. The van der Waals surface area contributed by atoms with E-state index in [1.165, 1.54) is 43.6 Å². The van der Waals surface area contributed by atoms with E-state index >= 15 is 0 Å². The summed E-state index contributed by atoms with van der Waals surface area (Å²) in [7, 11) is 0. The van der Waals surface area contributed by atoms with Gasteiger partial charge in [0.25, 0.3) is 0 Å². The molecule has 0 aromatic carbocycles. The molecule has 2 aliphatic heterocycles. The van der Waals surface area contributed by atoms with Crippen LogP contribution in [0, 0.1) is 0 Å². The Labute approximate surface area is 89.8 Å². The van der Waals surface area contributed by atoms with Gasteiger partial charge in [0.1, 0.15) is 5.76 Å². The van der Waals surface area contributed by atoms with Crippen LogP contribution in [0.1, 0.15) is 19.3 Å². The first-order valence-electron chi connectivity index (χ1n) is 5.66. The van der Waals surface area contributed by atoms with Crippen molar-refractivity contribution in [3.63, 3.8) is 0 Å². The number of rotatable bonds is 1. The Morgan fingerprint density at radius 3 is 2.73 bits per heavy atom. The van der Waals surface area contributed by atoms with E-state index in [9.17, 15) is 0 Å². The van der Waals surface area contributed by atoms with E-state index in [1.807, 2.05) is 6.07 Å². The van der Waals surface area contributed by atoms with Crippen molar-refractivity contribution in [2.24, 2.45) is 0 Å². The van der Waals surface area contributed by atoms with Gasteiger partial charge in [-0.05, 0) is 43.5 Å². The molecule has 2 nitrogen and oxygen atoms in total. The Hall–Kier alpha value is -1.44. The van der Waals surface area contributed by atoms with Crippen LogP contribution in [-0.4, -0.2) is 13.1 Å². The minimum absolute atomic E-state index is 0.998. The van der Waals surface area contributed by atoms with Crippen LogP contribution >= 0.6 is 0 Å². The highest BCUT2D eigenvalue weighted by Gasteiger charge is 2.18. The predicted molar refractivity (Wildman–Crippen MR) is 61.4 cm³/mol. The second-order valence-corrected chi connectivity index (χ2v) is 4.16. The average molecular weight is 201 g/mol. The minimum atomic E-state index is 0.998. The summed E-state index contributed by atoms with van der Waals surface area (Å²) < 4.78 is 5.46. The Morgan fingerprint density at radius 2 is 1.87 bits per heavy atom. The predicted octanol–water partition coefficient (Wildman–Crippen LogP) is 3.37. The fourth-order valence-electron chi connectivity index (χ4n) is 2.39. The second-order valence-electron chi connectivity index (χ2n) is 4.16. The maximum atomic E-state index is 5.46. The van der Waals surface area contributed by atoms with Gasteiger partial charge in [0.15, 0.2) is 0 Å². The molecule has 1 saturated heterocycles. The van der Waals surface area contributed by atoms with Crippen LogP contribution in [0.4, 0.5) is 5.69 Å². The van der Waals surface area contributed by atoms with Crippen LogP contribution in [-0.2, 0) is 0 Å². The van der Waals surface area contributed by atoms with E-state index in [4.69, 9.17) is 4.42 Å². The maximum Gasteiger partial charge on any atom is 0.135 e. The Kier molecular flexibility index (Phi) is 2.13. The molecule has 0 atom stereocenters. The fraction of sp³-hybridized carbons (Fsp3) is 0.385. The quantitative estimate of drug-likeness (QED) is 0.703. The van der Waals surface area contributed by atoms with Gasteiger partial charge in [-0.25, -0.2) is 0 Å². The summed E-state index contributed by atoms with van der Waals surface area (Å²) in [5.74, 6) is 0.998. The molecule has 3 rings (SSSR count). The summed E-state index contributed by atoms with van der Waals surface area (Å²) in [4.78, 5) is 2.47. The summed E-state index contributed by atoms with van der Waals surface area (Å²) in [5.41, 5.74) is 2.59. The normalized spacial score (nSPS) is 17.2. The van der Waals surface area contributed by atoms with Gasteiger partial charge in [-0.15, -0.1) is 0 Å². The van der Waals surface area contributed by atoms with Gasteiger partial charge >= 0.3 is 0 Å². The summed E-state index contributed by atoms with van der Waals surface area (Å²) in [5, 5.41) is 0. The molecule has 0 radical (unpaired) electrons. The van der Waals surface area contributed by atoms with Crippen molar-refractivity contribution in [3.05, 3.63) is 30.5 Å². The highest BCUT2D eigenvalue weighted by atomic mass is 16.3. The summed E-state index contributed by atoms with van der Waals surface area (Å²) in [6.45, 7) is 2.38. The largest absolute Gasteiger partial charge is 0.464 e. The smallest absolute Gasteiger partial charge is 0.135 e. The monoisotopic (exact) mass is 201 g/mol. The van der Waals surface area contributed by atoms with E-state index in [0.717, 1.165) is 5.76 Å². The first-order chi connectivity index (χ1) is 7.45. The third-order valence-corrected chi connectivity index (χ3v) is 3.17. The van der Waals surface area contributed by atoms with E-state index in [0.29, 0.717) is 0 Å². The van der Waals surface area contributed by atoms with Crippen molar-refractivity contribution < 1.29 is 4.42 Å². The van der Waals surface area contributed by atoms with Gasteiger partial charge in [-0.1, -0.05) is 0 Å². The van der Waals surface area contributed by atoms with Crippen molar-refractivity contribution in [3.8, 4) is 11.3 Å². The van der Waals surface area contributed by atoms with Gasteiger partial charge in [-0.2, -0.15) is 0 Å². The number of anilines is 1. The molecule has 0 saturated carbocycles. The first-order valence-corrected chi connectivity index (χ1v) is 5.66. The molecule has 78 valence electrons. The molecule has 0 N–H and O–H groups in total. The summed E-state index contributed by atoms with van der Waals surface area (Å²) in [6, 6.07) is 8.36. The third kappa shape index (κ3) is 1.50. The molecule has 15 heavy (non-hydrogen) atoms. The molecular formula is C13H15NO. The number of fused-ring (bicyclic) bond motifs is 1. The Morgan fingerprint density at radius 1 is 1.00 bits per heavy atom. The zero-order valence-electron chi connectivity index (χ0n) is 8.78. The second kappa shape index (κ2) is 3.61. The summed E-state index contributed by atoms with van der Waals surface area (Å²) in [6.07, 6.45) is 5.75. The number of nitrogens with zero attached hydrogens (tertiary/aromatic N) is 1. The lowest BCUT2D eigenvalue weighted by molar-refractivity contribution is 0.563. The van der Waals surface area contributed by atoms with E-state index in [1.54, 1.807) is 6.26 Å². The molecule has 0 aromatic heterocycles. The lowest BCUT2D eigenvalue weighted by atomic mass is 10.1. The summed E-state index contributed by atoms with van der Waals surface area (Å²) >= 11 is 0. The van der Waals surface area contributed by atoms with Crippen LogP contribution in [0.5, 0.6) is 0 Å². The van der Waals surface area contributed by atoms with Gasteiger partial charge < -0.3 is 9.32 Å². The van der Waals surface area contributed by atoms with E-state index in [-0.39, 0.29) is 0 Å².